The Kier molecular flexibility index (Phi) is 48.9. The van der Waals surface area contributed by atoms with Crippen molar-refractivity contribution in [1.82, 2.24) is 0 Å². The molecule has 0 aromatic heterocycles. The molecule has 0 aliphatic rings. The first kappa shape index (κ1) is 59.9. The highest BCUT2D eigenvalue weighted by atomic mass is 16.6. The summed E-state index contributed by atoms with van der Waals surface area (Å²) >= 11 is 0. The minimum absolute atomic E-state index is 0.0866. The fourth-order valence-corrected chi connectivity index (χ4v) is 7.27. The maximum absolute atomic E-state index is 12.8. The van der Waals surface area contributed by atoms with E-state index in [0.717, 1.165) is 96.3 Å². The number of unbranched alkanes of at least 4 members (excludes halogenated alkanes) is 28. The van der Waals surface area contributed by atoms with Gasteiger partial charge in [-0.05, 0) is 70.6 Å². The summed E-state index contributed by atoms with van der Waals surface area (Å²) in [5.41, 5.74) is 0. The Morgan fingerprint density at radius 1 is 0.317 bits per heavy atom. The molecule has 0 bridgehead atoms. The second kappa shape index (κ2) is 51.5. The molecule has 0 fully saturated rings. The molecule has 0 N–H and O–H groups in total. The molecule has 0 radical (unpaired) electrons. The highest BCUT2D eigenvalue weighted by Crippen LogP contribution is 2.15. The summed E-state index contributed by atoms with van der Waals surface area (Å²) in [5, 5.41) is 0. The summed E-state index contributed by atoms with van der Waals surface area (Å²) in [5.74, 6) is -0.919. The first-order valence-corrected chi connectivity index (χ1v) is 26.5. The zero-order valence-corrected chi connectivity index (χ0v) is 41.3. The van der Waals surface area contributed by atoms with Crippen molar-refractivity contribution in [2.45, 2.75) is 258 Å². The molecule has 0 amide bonds. The summed E-state index contributed by atoms with van der Waals surface area (Å²) < 4.78 is 16.8. The summed E-state index contributed by atoms with van der Waals surface area (Å²) in [6, 6.07) is 0. The van der Waals surface area contributed by atoms with Crippen molar-refractivity contribution in [3.63, 3.8) is 0 Å². The average molecular weight is 879 g/mol. The zero-order valence-electron chi connectivity index (χ0n) is 41.3. The van der Waals surface area contributed by atoms with Crippen LogP contribution in [0.25, 0.3) is 0 Å². The van der Waals surface area contributed by atoms with E-state index in [0.29, 0.717) is 19.3 Å². The van der Waals surface area contributed by atoms with Gasteiger partial charge < -0.3 is 14.2 Å². The quantitative estimate of drug-likeness (QED) is 0.0262. The van der Waals surface area contributed by atoms with Crippen LogP contribution < -0.4 is 0 Å². The van der Waals surface area contributed by atoms with Gasteiger partial charge in [0.25, 0.3) is 0 Å². The SMILES string of the molecule is CCCCC\C=C/C=C\C=C/C=C\CCCCCCCC(=O)OCC(COC(=O)CCCCCCCCCCCCCC)OC(=O)CCCCCCCC/C=C\C=C/CCCCC. The molecule has 63 heavy (non-hydrogen) atoms. The number of carbonyl (C=O) groups is 3. The van der Waals surface area contributed by atoms with Gasteiger partial charge in [-0.15, -0.1) is 0 Å². The molecule has 0 aromatic rings. The molecule has 1 unspecified atom stereocenters. The van der Waals surface area contributed by atoms with Gasteiger partial charge in [0.05, 0.1) is 0 Å². The number of rotatable bonds is 47. The van der Waals surface area contributed by atoms with Crippen LogP contribution in [-0.4, -0.2) is 37.2 Å². The van der Waals surface area contributed by atoms with Crippen LogP contribution in [0.4, 0.5) is 0 Å². The highest BCUT2D eigenvalue weighted by Gasteiger charge is 2.19. The molecule has 0 saturated heterocycles. The largest absolute Gasteiger partial charge is 0.462 e. The van der Waals surface area contributed by atoms with Crippen molar-refractivity contribution in [2.24, 2.45) is 0 Å². The van der Waals surface area contributed by atoms with E-state index in [1.807, 2.05) is 0 Å². The molecule has 0 rings (SSSR count). The molecule has 6 nitrogen and oxygen atoms in total. The van der Waals surface area contributed by atoms with Gasteiger partial charge in [-0.2, -0.15) is 0 Å². The van der Waals surface area contributed by atoms with Crippen LogP contribution in [0.15, 0.2) is 72.9 Å². The summed E-state index contributed by atoms with van der Waals surface area (Å²) in [6.45, 7) is 6.54. The monoisotopic (exact) mass is 879 g/mol. The predicted molar refractivity (Wildman–Crippen MR) is 270 cm³/mol. The molecular weight excluding hydrogens is 781 g/mol. The Morgan fingerprint density at radius 3 is 0.937 bits per heavy atom. The summed E-state index contributed by atoms with van der Waals surface area (Å²) in [4.78, 5) is 38.0. The number of ether oxygens (including phenoxy) is 3. The third-order valence-electron chi connectivity index (χ3n) is 11.3. The van der Waals surface area contributed by atoms with E-state index in [1.54, 1.807) is 0 Å². The van der Waals surface area contributed by atoms with Crippen molar-refractivity contribution >= 4 is 17.9 Å². The Bertz CT molecular complexity index is 1190. The summed E-state index contributed by atoms with van der Waals surface area (Å²) in [7, 11) is 0. The van der Waals surface area contributed by atoms with Gasteiger partial charge in [0, 0.05) is 19.3 Å². The lowest BCUT2D eigenvalue weighted by molar-refractivity contribution is -0.167. The van der Waals surface area contributed by atoms with E-state index >= 15 is 0 Å². The average Bonchev–Trinajstić information content (AvgIpc) is 3.28. The molecular formula is C57H98O6. The van der Waals surface area contributed by atoms with Gasteiger partial charge in [-0.3, -0.25) is 14.4 Å². The second-order valence-electron chi connectivity index (χ2n) is 17.6. The lowest BCUT2D eigenvalue weighted by Crippen LogP contribution is -2.30. The number of esters is 3. The Morgan fingerprint density at radius 2 is 0.571 bits per heavy atom. The van der Waals surface area contributed by atoms with Crippen LogP contribution in [0.5, 0.6) is 0 Å². The molecule has 0 spiro atoms. The fourth-order valence-electron chi connectivity index (χ4n) is 7.27. The molecule has 0 saturated carbocycles. The van der Waals surface area contributed by atoms with Crippen molar-refractivity contribution in [1.29, 1.82) is 0 Å². The van der Waals surface area contributed by atoms with E-state index in [2.05, 4.69) is 93.7 Å². The van der Waals surface area contributed by atoms with Gasteiger partial charge in [-0.25, -0.2) is 0 Å². The molecule has 0 heterocycles. The van der Waals surface area contributed by atoms with Gasteiger partial charge in [0.1, 0.15) is 13.2 Å². The minimum atomic E-state index is -0.789. The lowest BCUT2D eigenvalue weighted by atomic mass is 10.0. The van der Waals surface area contributed by atoms with Crippen LogP contribution in [0.3, 0.4) is 0 Å². The number of carbonyl (C=O) groups excluding carboxylic acids is 3. The number of allylic oxidation sites excluding steroid dienone is 12. The molecule has 0 aliphatic carbocycles. The Hall–Kier alpha value is -3.15. The van der Waals surface area contributed by atoms with Gasteiger partial charge in [0.15, 0.2) is 6.10 Å². The molecule has 0 aliphatic heterocycles. The first-order valence-electron chi connectivity index (χ1n) is 26.5. The smallest absolute Gasteiger partial charge is 0.306 e. The van der Waals surface area contributed by atoms with Crippen LogP contribution >= 0.6 is 0 Å². The van der Waals surface area contributed by atoms with E-state index in [4.69, 9.17) is 14.2 Å². The first-order chi connectivity index (χ1) is 31.0. The number of hydrogen-bond acceptors (Lipinski definition) is 6. The normalized spacial score (nSPS) is 12.6. The maximum atomic E-state index is 12.8. The van der Waals surface area contributed by atoms with Crippen molar-refractivity contribution in [2.75, 3.05) is 13.2 Å². The van der Waals surface area contributed by atoms with Crippen LogP contribution in [0.1, 0.15) is 252 Å². The molecule has 362 valence electrons. The Balaban J connectivity index is 4.44. The van der Waals surface area contributed by atoms with E-state index < -0.39 is 6.10 Å². The fraction of sp³-hybridized carbons (Fsp3) is 0.737. The number of hydrogen-bond donors (Lipinski definition) is 0. The van der Waals surface area contributed by atoms with Gasteiger partial charge >= 0.3 is 17.9 Å². The maximum Gasteiger partial charge on any atom is 0.306 e. The van der Waals surface area contributed by atoms with Crippen molar-refractivity contribution in [3.05, 3.63) is 72.9 Å². The van der Waals surface area contributed by atoms with Gasteiger partial charge in [-0.1, -0.05) is 235 Å². The van der Waals surface area contributed by atoms with E-state index in [1.165, 1.54) is 116 Å². The van der Waals surface area contributed by atoms with Crippen LogP contribution in [0.2, 0.25) is 0 Å². The molecule has 1 atom stereocenters. The Labute approximate surface area is 389 Å². The third kappa shape index (κ3) is 49.7. The van der Waals surface area contributed by atoms with E-state index in [-0.39, 0.29) is 31.1 Å². The lowest BCUT2D eigenvalue weighted by Gasteiger charge is -2.18. The summed E-state index contributed by atoms with van der Waals surface area (Å²) in [6.07, 6.45) is 64.4. The van der Waals surface area contributed by atoms with Gasteiger partial charge in [0.2, 0.25) is 0 Å². The highest BCUT2D eigenvalue weighted by molar-refractivity contribution is 5.71. The predicted octanol–water partition coefficient (Wildman–Crippen LogP) is 17.4. The van der Waals surface area contributed by atoms with Crippen molar-refractivity contribution in [3.8, 4) is 0 Å². The second-order valence-corrected chi connectivity index (χ2v) is 17.6. The van der Waals surface area contributed by atoms with Crippen molar-refractivity contribution < 1.29 is 28.6 Å². The van der Waals surface area contributed by atoms with Crippen LogP contribution in [0, 0.1) is 0 Å². The standard InChI is InChI=1S/C57H98O6/c1-4-7-10-13-16-19-22-25-27-28-29-31-32-35-38-41-44-47-50-56(59)62-53-54(52-61-55(58)49-46-43-40-37-34-24-21-18-15-12-9-6-3)63-57(60)51-48-45-42-39-36-33-30-26-23-20-17-14-11-8-5-2/h16-17,19-20,22-23,25-29,31,54H,4-15,18,21,24,30,32-53H2,1-3H3/b19-16-,20-17-,25-22-,26-23-,28-27-,31-29-. The van der Waals surface area contributed by atoms with Crippen LogP contribution in [-0.2, 0) is 28.6 Å². The van der Waals surface area contributed by atoms with E-state index in [9.17, 15) is 14.4 Å². The third-order valence-corrected chi connectivity index (χ3v) is 11.3. The topological polar surface area (TPSA) is 78.9 Å². The molecule has 0 aromatic carbocycles. The minimum Gasteiger partial charge on any atom is -0.462 e. The zero-order chi connectivity index (χ0) is 45.8. The molecule has 6 heteroatoms.